The van der Waals surface area contributed by atoms with E-state index in [9.17, 15) is 9.59 Å². The molecule has 0 heterocycles. The fourth-order valence-corrected chi connectivity index (χ4v) is 5.32. The fourth-order valence-electron chi connectivity index (χ4n) is 5.32. The van der Waals surface area contributed by atoms with Gasteiger partial charge in [0.05, 0.1) is 19.1 Å². The number of esters is 2. The summed E-state index contributed by atoms with van der Waals surface area (Å²) in [6.45, 7) is 14.6. The molecular formula is C34H66O4. The summed E-state index contributed by atoms with van der Waals surface area (Å²) in [5.41, 5.74) is 0. The lowest BCUT2D eigenvalue weighted by atomic mass is 9.84. The van der Waals surface area contributed by atoms with Crippen LogP contribution in [0.5, 0.6) is 0 Å². The molecule has 0 amide bonds. The van der Waals surface area contributed by atoms with Crippen LogP contribution in [0.2, 0.25) is 0 Å². The number of hydrogen-bond acceptors (Lipinski definition) is 4. The van der Waals surface area contributed by atoms with Gasteiger partial charge in [0, 0.05) is 6.42 Å². The maximum atomic E-state index is 12.7. The Balaban J connectivity index is 3.73. The molecule has 0 aromatic carbocycles. The second-order valence-corrected chi connectivity index (χ2v) is 12.4. The van der Waals surface area contributed by atoms with Crippen LogP contribution >= 0.6 is 0 Å². The number of carbonyl (C=O) groups is 2. The van der Waals surface area contributed by atoms with Crippen molar-refractivity contribution in [1.82, 2.24) is 0 Å². The Morgan fingerprint density at radius 2 is 0.974 bits per heavy atom. The number of ether oxygens (including phenoxy) is 2. The van der Waals surface area contributed by atoms with Crippen molar-refractivity contribution in [3.05, 3.63) is 0 Å². The predicted molar refractivity (Wildman–Crippen MR) is 162 cm³/mol. The average Bonchev–Trinajstić information content (AvgIpc) is 2.88. The van der Waals surface area contributed by atoms with Crippen molar-refractivity contribution in [2.45, 2.75) is 170 Å². The molecule has 0 aliphatic heterocycles. The molecule has 0 N–H and O–H groups in total. The lowest BCUT2D eigenvalue weighted by Crippen LogP contribution is -2.25. The zero-order valence-electron chi connectivity index (χ0n) is 26.5. The Morgan fingerprint density at radius 3 is 1.47 bits per heavy atom. The molecule has 0 spiro atoms. The van der Waals surface area contributed by atoms with E-state index in [0.29, 0.717) is 25.6 Å². The second-order valence-electron chi connectivity index (χ2n) is 12.4. The number of carbonyl (C=O) groups excluding carboxylic acids is 2. The third-order valence-electron chi connectivity index (χ3n) is 7.90. The van der Waals surface area contributed by atoms with Crippen LogP contribution in [0.4, 0.5) is 0 Å². The molecule has 0 rings (SSSR count). The van der Waals surface area contributed by atoms with Crippen molar-refractivity contribution >= 4 is 11.9 Å². The Hall–Kier alpha value is -1.06. The standard InChI is InChI=1S/C34H66O4/c1-7-31(32(8-2)34(36)38-28-22-16-18-24-30(5)6)25-19-13-11-9-10-12-14-20-26-33(35)37-27-21-15-17-23-29(3)4/h29-32H,7-28H2,1-6H3. The summed E-state index contributed by atoms with van der Waals surface area (Å²) in [7, 11) is 0. The number of unbranched alkanes of at least 4 members (excludes halogenated alkanes) is 11. The monoisotopic (exact) mass is 538 g/mol. The van der Waals surface area contributed by atoms with Crippen LogP contribution < -0.4 is 0 Å². The van der Waals surface area contributed by atoms with Gasteiger partial charge in [0.2, 0.25) is 0 Å². The molecule has 0 aromatic rings. The van der Waals surface area contributed by atoms with Gasteiger partial charge in [0.1, 0.15) is 0 Å². The van der Waals surface area contributed by atoms with Gasteiger partial charge in [0.15, 0.2) is 0 Å². The summed E-state index contributed by atoms with van der Waals surface area (Å²) >= 11 is 0. The van der Waals surface area contributed by atoms with E-state index in [2.05, 4.69) is 41.5 Å². The highest BCUT2D eigenvalue weighted by Gasteiger charge is 2.26. The van der Waals surface area contributed by atoms with Gasteiger partial charge in [-0.3, -0.25) is 9.59 Å². The lowest BCUT2D eigenvalue weighted by Gasteiger charge is -2.23. The minimum atomic E-state index is -0.0183. The Kier molecular flexibility index (Phi) is 25.4. The molecule has 0 radical (unpaired) electrons. The average molecular weight is 539 g/mol. The molecule has 226 valence electrons. The Bertz CT molecular complexity index is 543. The topological polar surface area (TPSA) is 52.6 Å². The highest BCUT2D eigenvalue weighted by molar-refractivity contribution is 5.72. The largest absolute Gasteiger partial charge is 0.466 e. The minimum Gasteiger partial charge on any atom is -0.466 e. The van der Waals surface area contributed by atoms with E-state index in [1.165, 1.54) is 64.2 Å². The molecule has 0 fully saturated rings. The van der Waals surface area contributed by atoms with Gasteiger partial charge in [0.25, 0.3) is 0 Å². The highest BCUT2D eigenvalue weighted by atomic mass is 16.5. The second kappa shape index (κ2) is 26.2. The summed E-state index contributed by atoms with van der Waals surface area (Å²) in [5.74, 6) is 2.05. The van der Waals surface area contributed by atoms with Crippen molar-refractivity contribution in [3.63, 3.8) is 0 Å². The summed E-state index contributed by atoms with van der Waals surface area (Å²) in [6.07, 6.45) is 22.5. The van der Waals surface area contributed by atoms with E-state index < -0.39 is 0 Å². The molecule has 0 aliphatic rings. The van der Waals surface area contributed by atoms with Gasteiger partial charge in [-0.05, 0) is 49.9 Å². The molecular weight excluding hydrogens is 472 g/mol. The molecule has 2 unspecified atom stereocenters. The van der Waals surface area contributed by atoms with Gasteiger partial charge < -0.3 is 9.47 Å². The van der Waals surface area contributed by atoms with Crippen molar-refractivity contribution in [2.24, 2.45) is 23.7 Å². The number of rotatable bonds is 27. The molecule has 38 heavy (non-hydrogen) atoms. The molecule has 0 aliphatic carbocycles. The SMILES string of the molecule is CCC(CCCCCCCCCCC(=O)OCCCCCC(C)C)C(CC)C(=O)OCCCCCC(C)C. The first-order valence-corrected chi connectivity index (χ1v) is 16.6. The molecule has 0 saturated carbocycles. The predicted octanol–water partition coefficient (Wildman–Crippen LogP) is 10.5. The van der Waals surface area contributed by atoms with Crippen molar-refractivity contribution in [1.29, 1.82) is 0 Å². The molecule has 4 heteroatoms. The lowest BCUT2D eigenvalue weighted by molar-refractivity contribution is -0.151. The van der Waals surface area contributed by atoms with Gasteiger partial charge in [-0.1, -0.05) is 131 Å². The van der Waals surface area contributed by atoms with E-state index in [0.717, 1.165) is 69.6 Å². The zero-order valence-corrected chi connectivity index (χ0v) is 26.5. The van der Waals surface area contributed by atoms with E-state index in [4.69, 9.17) is 9.47 Å². The minimum absolute atomic E-state index is 0.0183. The van der Waals surface area contributed by atoms with Crippen LogP contribution in [0.25, 0.3) is 0 Å². The molecule has 0 bridgehead atoms. The van der Waals surface area contributed by atoms with E-state index in [1.807, 2.05) is 0 Å². The van der Waals surface area contributed by atoms with Crippen molar-refractivity contribution in [2.75, 3.05) is 13.2 Å². The van der Waals surface area contributed by atoms with Crippen LogP contribution in [0.15, 0.2) is 0 Å². The van der Waals surface area contributed by atoms with Gasteiger partial charge in [-0.25, -0.2) is 0 Å². The summed E-state index contributed by atoms with van der Waals surface area (Å²) in [6, 6.07) is 0. The third kappa shape index (κ3) is 22.9. The van der Waals surface area contributed by atoms with Crippen LogP contribution in [0, 0.1) is 23.7 Å². The van der Waals surface area contributed by atoms with E-state index in [1.54, 1.807) is 0 Å². The molecule has 4 nitrogen and oxygen atoms in total. The maximum absolute atomic E-state index is 12.7. The van der Waals surface area contributed by atoms with Crippen LogP contribution in [-0.4, -0.2) is 25.2 Å². The Morgan fingerprint density at radius 1 is 0.526 bits per heavy atom. The fraction of sp³-hybridized carbons (Fsp3) is 0.941. The first-order valence-electron chi connectivity index (χ1n) is 16.6. The maximum Gasteiger partial charge on any atom is 0.309 e. The third-order valence-corrected chi connectivity index (χ3v) is 7.90. The van der Waals surface area contributed by atoms with Crippen LogP contribution in [-0.2, 0) is 19.1 Å². The Labute approximate surface area is 237 Å². The van der Waals surface area contributed by atoms with Crippen molar-refractivity contribution in [3.8, 4) is 0 Å². The molecule has 0 saturated heterocycles. The first kappa shape index (κ1) is 36.9. The normalized spacial score (nSPS) is 13.2. The number of hydrogen-bond donors (Lipinski definition) is 0. The van der Waals surface area contributed by atoms with Gasteiger partial charge in [-0.15, -0.1) is 0 Å². The smallest absolute Gasteiger partial charge is 0.309 e. The summed E-state index contributed by atoms with van der Waals surface area (Å²) < 4.78 is 11.0. The van der Waals surface area contributed by atoms with Crippen LogP contribution in [0.1, 0.15) is 170 Å². The van der Waals surface area contributed by atoms with E-state index >= 15 is 0 Å². The quantitative estimate of drug-likeness (QED) is 0.0771. The summed E-state index contributed by atoms with van der Waals surface area (Å²) in [5, 5.41) is 0. The van der Waals surface area contributed by atoms with E-state index in [-0.39, 0.29) is 17.9 Å². The van der Waals surface area contributed by atoms with Gasteiger partial charge in [-0.2, -0.15) is 0 Å². The van der Waals surface area contributed by atoms with Crippen molar-refractivity contribution < 1.29 is 19.1 Å². The first-order chi connectivity index (χ1) is 18.3. The summed E-state index contributed by atoms with van der Waals surface area (Å²) in [4.78, 5) is 24.5. The van der Waals surface area contributed by atoms with Gasteiger partial charge >= 0.3 is 11.9 Å². The zero-order chi connectivity index (χ0) is 28.4. The molecule has 2 atom stereocenters. The van der Waals surface area contributed by atoms with Crippen LogP contribution in [0.3, 0.4) is 0 Å². The molecule has 0 aromatic heterocycles. The highest BCUT2D eigenvalue weighted by Crippen LogP contribution is 2.27.